The third-order valence-electron chi connectivity index (χ3n) is 3.53. The van der Waals surface area contributed by atoms with Crippen molar-refractivity contribution in [2.45, 2.75) is 32.9 Å². The first-order valence-corrected chi connectivity index (χ1v) is 7.92. The van der Waals surface area contributed by atoms with Crippen molar-refractivity contribution in [2.75, 3.05) is 14.2 Å². The van der Waals surface area contributed by atoms with Crippen LogP contribution >= 0.6 is 0 Å². The largest absolute Gasteiger partial charge is 0.493 e. The molecule has 0 aliphatic rings. The minimum absolute atomic E-state index is 0.00301. The molecule has 0 spiro atoms. The van der Waals surface area contributed by atoms with E-state index in [1.54, 1.807) is 30.0 Å². The molecule has 2 aromatic rings. The summed E-state index contributed by atoms with van der Waals surface area (Å²) in [7, 11) is 3.07. The van der Waals surface area contributed by atoms with Crippen molar-refractivity contribution in [3.05, 3.63) is 41.7 Å². The fourth-order valence-corrected chi connectivity index (χ4v) is 2.39. The highest BCUT2D eigenvalue weighted by molar-refractivity contribution is 5.90. The number of rotatable bonds is 9. The molecule has 1 aromatic heterocycles. The molecule has 2 rings (SSSR count). The van der Waals surface area contributed by atoms with E-state index in [1.807, 2.05) is 6.92 Å². The average molecular weight is 346 g/mol. The molecule has 0 N–H and O–H groups in total. The lowest BCUT2D eigenvalue weighted by molar-refractivity contribution is 0.0456. The standard InChI is InChI=1S/C17H22N4O4/c1-5-7-12-9-13(10-14(23-3)16(12)24-4)17(22)25-11-15-18-19-20-21(15)8-6-2/h5,9-10H,1,6-8,11H2,2-4H3. The number of tetrazole rings is 1. The lowest BCUT2D eigenvalue weighted by Crippen LogP contribution is -2.11. The van der Waals surface area contributed by atoms with E-state index in [9.17, 15) is 4.79 Å². The normalized spacial score (nSPS) is 10.4. The lowest BCUT2D eigenvalue weighted by atomic mass is 10.1. The summed E-state index contributed by atoms with van der Waals surface area (Å²) >= 11 is 0. The summed E-state index contributed by atoms with van der Waals surface area (Å²) in [6, 6.07) is 3.29. The zero-order valence-electron chi connectivity index (χ0n) is 14.7. The molecule has 8 nitrogen and oxygen atoms in total. The van der Waals surface area contributed by atoms with Crippen LogP contribution in [0.4, 0.5) is 0 Å². The van der Waals surface area contributed by atoms with Gasteiger partial charge in [-0.25, -0.2) is 9.48 Å². The fraction of sp³-hybridized carbons (Fsp3) is 0.412. The average Bonchev–Trinajstić information content (AvgIpc) is 3.06. The van der Waals surface area contributed by atoms with Crippen molar-refractivity contribution in [3.63, 3.8) is 0 Å². The molecule has 0 aliphatic carbocycles. The Kier molecular flexibility index (Phi) is 6.50. The summed E-state index contributed by atoms with van der Waals surface area (Å²) in [5, 5.41) is 11.3. The molecule has 0 aliphatic heterocycles. The smallest absolute Gasteiger partial charge is 0.338 e. The number of allylic oxidation sites excluding steroid dienone is 1. The number of carbonyl (C=O) groups is 1. The fourth-order valence-electron chi connectivity index (χ4n) is 2.39. The van der Waals surface area contributed by atoms with Crippen LogP contribution in [0, 0.1) is 0 Å². The molecule has 1 aromatic carbocycles. The number of hydrogen-bond acceptors (Lipinski definition) is 7. The van der Waals surface area contributed by atoms with Crippen molar-refractivity contribution in [1.82, 2.24) is 20.2 Å². The molecule has 134 valence electrons. The van der Waals surface area contributed by atoms with Gasteiger partial charge in [-0.2, -0.15) is 0 Å². The molecule has 0 saturated carbocycles. The Morgan fingerprint density at radius 3 is 2.76 bits per heavy atom. The maximum atomic E-state index is 12.4. The summed E-state index contributed by atoms with van der Waals surface area (Å²) in [5.74, 6) is 1.05. The molecule has 0 saturated heterocycles. The van der Waals surface area contributed by atoms with Gasteiger partial charge in [0.05, 0.1) is 19.8 Å². The summed E-state index contributed by atoms with van der Waals surface area (Å²) in [6.07, 6.45) is 3.15. The van der Waals surface area contributed by atoms with E-state index in [4.69, 9.17) is 14.2 Å². The second-order valence-electron chi connectivity index (χ2n) is 5.26. The van der Waals surface area contributed by atoms with Gasteiger partial charge in [0.15, 0.2) is 23.9 Å². The van der Waals surface area contributed by atoms with Crippen molar-refractivity contribution in [1.29, 1.82) is 0 Å². The maximum Gasteiger partial charge on any atom is 0.338 e. The molecule has 8 heteroatoms. The SMILES string of the molecule is C=CCc1cc(C(=O)OCc2nnnn2CCC)cc(OC)c1OC. The highest BCUT2D eigenvalue weighted by atomic mass is 16.5. The predicted molar refractivity (Wildman–Crippen MR) is 90.7 cm³/mol. The van der Waals surface area contributed by atoms with Gasteiger partial charge in [0, 0.05) is 12.1 Å². The minimum Gasteiger partial charge on any atom is -0.493 e. The summed E-state index contributed by atoms with van der Waals surface area (Å²) in [5.41, 5.74) is 1.16. The Hall–Kier alpha value is -2.90. The highest BCUT2D eigenvalue weighted by Crippen LogP contribution is 2.33. The lowest BCUT2D eigenvalue weighted by Gasteiger charge is -2.14. The van der Waals surface area contributed by atoms with Crippen LogP contribution in [0.1, 0.15) is 35.1 Å². The molecule has 0 atom stereocenters. The number of aryl methyl sites for hydroxylation is 1. The molecule has 0 amide bonds. The minimum atomic E-state index is -0.489. The highest BCUT2D eigenvalue weighted by Gasteiger charge is 2.17. The molecule has 0 fully saturated rings. The molecular weight excluding hydrogens is 324 g/mol. The van der Waals surface area contributed by atoms with Crippen molar-refractivity contribution in [2.24, 2.45) is 0 Å². The van der Waals surface area contributed by atoms with E-state index in [-0.39, 0.29) is 6.61 Å². The first-order valence-electron chi connectivity index (χ1n) is 7.92. The van der Waals surface area contributed by atoms with Gasteiger partial charge in [-0.3, -0.25) is 0 Å². The van der Waals surface area contributed by atoms with Gasteiger partial charge in [0.25, 0.3) is 0 Å². The Balaban J connectivity index is 2.19. The third-order valence-corrected chi connectivity index (χ3v) is 3.53. The molecule has 0 bridgehead atoms. The van der Waals surface area contributed by atoms with Gasteiger partial charge >= 0.3 is 5.97 Å². The number of nitrogens with zero attached hydrogens (tertiary/aromatic N) is 4. The Bertz CT molecular complexity index is 742. The first kappa shape index (κ1) is 18.4. The summed E-state index contributed by atoms with van der Waals surface area (Å²) in [6.45, 7) is 6.40. The van der Waals surface area contributed by atoms with Crippen LogP contribution in [-0.2, 0) is 24.3 Å². The zero-order valence-corrected chi connectivity index (χ0v) is 14.7. The van der Waals surface area contributed by atoms with Gasteiger partial charge in [-0.1, -0.05) is 13.0 Å². The Morgan fingerprint density at radius 2 is 2.12 bits per heavy atom. The predicted octanol–water partition coefficient (Wildman–Crippen LogP) is 2.19. The summed E-state index contributed by atoms with van der Waals surface area (Å²) < 4.78 is 17.6. The molecule has 0 unspecified atom stereocenters. The second kappa shape index (κ2) is 8.81. The summed E-state index contributed by atoms with van der Waals surface area (Å²) in [4.78, 5) is 12.4. The van der Waals surface area contributed by atoms with Crippen LogP contribution in [0.2, 0.25) is 0 Å². The molecule has 25 heavy (non-hydrogen) atoms. The first-order chi connectivity index (χ1) is 12.1. The Labute approximate surface area is 146 Å². The zero-order chi connectivity index (χ0) is 18.2. The van der Waals surface area contributed by atoms with E-state index in [2.05, 4.69) is 22.1 Å². The third kappa shape index (κ3) is 4.34. The maximum absolute atomic E-state index is 12.4. The van der Waals surface area contributed by atoms with E-state index in [0.29, 0.717) is 35.9 Å². The molecule has 1 heterocycles. The van der Waals surface area contributed by atoms with Crippen LogP contribution in [0.3, 0.4) is 0 Å². The van der Waals surface area contributed by atoms with Gasteiger partial charge in [-0.05, 0) is 35.4 Å². The molecular formula is C17H22N4O4. The van der Waals surface area contributed by atoms with E-state index in [0.717, 1.165) is 12.0 Å². The number of methoxy groups -OCH3 is 2. The van der Waals surface area contributed by atoms with Gasteiger partial charge in [0.2, 0.25) is 0 Å². The second-order valence-corrected chi connectivity index (χ2v) is 5.26. The molecule has 0 radical (unpaired) electrons. The van der Waals surface area contributed by atoms with Crippen molar-refractivity contribution < 1.29 is 19.0 Å². The van der Waals surface area contributed by atoms with Crippen LogP contribution in [0.25, 0.3) is 0 Å². The van der Waals surface area contributed by atoms with Crippen LogP contribution in [0.15, 0.2) is 24.8 Å². The van der Waals surface area contributed by atoms with Crippen LogP contribution in [0.5, 0.6) is 11.5 Å². The van der Waals surface area contributed by atoms with Gasteiger partial charge in [-0.15, -0.1) is 11.7 Å². The Morgan fingerprint density at radius 1 is 1.32 bits per heavy atom. The number of ether oxygens (including phenoxy) is 3. The van der Waals surface area contributed by atoms with Gasteiger partial charge in [0.1, 0.15) is 0 Å². The number of esters is 1. The number of hydrogen-bond donors (Lipinski definition) is 0. The quantitative estimate of drug-likeness (QED) is 0.508. The van der Waals surface area contributed by atoms with Gasteiger partial charge < -0.3 is 14.2 Å². The van der Waals surface area contributed by atoms with E-state index >= 15 is 0 Å². The number of aromatic nitrogens is 4. The monoisotopic (exact) mass is 346 g/mol. The van der Waals surface area contributed by atoms with Crippen LogP contribution < -0.4 is 9.47 Å². The number of benzene rings is 1. The van der Waals surface area contributed by atoms with Crippen LogP contribution in [-0.4, -0.2) is 40.4 Å². The van der Waals surface area contributed by atoms with E-state index < -0.39 is 5.97 Å². The van der Waals surface area contributed by atoms with E-state index in [1.165, 1.54) is 7.11 Å². The van der Waals surface area contributed by atoms with Crippen molar-refractivity contribution >= 4 is 5.97 Å². The number of carbonyl (C=O) groups excluding carboxylic acids is 1. The topological polar surface area (TPSA) is 88.4 Å². The van der Waals surface area contributed by atoms with Crippen molar-refractivity contribution in [3.8, 4) is 11.5 Å².